The highest BCUT2D eigenvalue weighted by atomic mass is 16.5. The summed E-state index contributed by atoms with van der Waals surface area (Å²) < 4.78 is 4.86. The molecule has 4 nitrogen and oxygen atoms in total. The number of H-pyrrole nitrogens is 1. The van der Waals surface area contributed by atoms with Crippen LogP contribution in [-0.4, -0.2) is 23.0 Å². The Labute approximate surface area is 113 Å². The molecule has 0 fully saturated rings. The van der Waals surface area contributed by atoms with Gasteiger partial charge < -0.3 is 9.72 Å². The number of methoxy groups -OCH3 is 1. The fourth-order valence-electron chi connectivity index (χ4n) is 2.06. The summed E-state index contributed by atoms with van der Waals surface area (Å²) in [7, 11) is 1.41. The summed E-state index contributed by atoms with van der Waals surface area (Å²) in [5.41, 5.74) is 2.14. The van der Waals surface area contributed by atoms with Gasteiger partial charge >= 0.3 is 5.97 Å². The van der Waals surface area contributed by atoms with Gasteiger partial charge in [0.1, 0.15) is 5.82 Å². The molecule has 0 aliphatic rings. The molecule has 0 radical (unpaired) electrons. The van der Waals surface area contributed by atoms with E-state index in [4.69, 9.17) is 4.74 Å². The molecule has 1 N–H and O–H groups in total. The predicted molar refractivity (Wildman–Crippen MR) is 75.2 cm³/mol. The zero-order valence-corrected chi connectivity index (χ0v) is 12.1. The van der Waals surface area contributed by atoms with Crippen LogP contribution in [0.4, 0.5) is 0 Å². The van der Waals surface area contributed by atoms with Gasteiger partial charge in [-0.2, -0.15) is 0 Å². The molecule has 0 aliphatic carbocycles. The number of nitrogens with one attached hydrogen (secondary N) is 1. The number of aromatic amines is 1. The summed E-state index contributed by atoms with van der Waals surface area (Å²) in [6.45, 7) is 7.91. The lowest BCUT2D eigenvalue weighted by Gasteiger charge is -2.21. The van der Waals surface area contributed by atoms with Crippen LogP contribution in [0.15, 0.2) is 18.2 Å². The summed E-state index contributed by atoms with van der Waals surface area (Å²) in [5.74, 6) is 1.07. The van der Waals surface area contributed by atoms with Crippen molar-refractivity contribution in [2.75, 3.05) is 7.11 Å². The molecule has 1 aromatic carbocycles. The van der Waals surface area contributed by atoms with Crippen LogP contribution in [0.2, 0.25) is 0 Å². The van der Waals surface area contributed by atoms with Crippen LogP contribution >= 0.6 is 0 Å². The maximum Gasteiger partial charge on any atom is 0.315 e. The number of hydrogen-bond donors (Lipinski definition) is 1. The predicted octanol–water partition coefficient (Wildman–Crippen LogP) is 3.14. The lowest BCUT2D eigenvalue weighted by Crippen LogP contribution is -2.30. The molecule has 1 aromatic heterocycles. The average molecular weight is 260 g/mol. The van der Waals surface area contributed by atoms with Gasteiger partial charge in [0.25, 0.3) is 0 Å². The van der Waals surface area contributed by atoms with Gasteiger partial charge in [-0.15, -0.1) is 0 Å². The number of hydrogen-bond acceptors (Lipinski definition) is 3. The van der Waals surface area contributed by atoms with Gasteiger partial charge in [-0.3, -0.25) is 4.79 Å². The smallest absolute Gasteiger partial charge is 0.315 e. The molecular formula is C15H20N2O2. The topological polar surface area (TPSA) is 55.0 Å². The van der Waals surface area contributed by atoms with Gasteiger partial charge in [0.15, 0.2) is 0 Å². The van der Waals surface area contributed by atoms with Crippen molar-refractivity contribution >= 4 is 17.0 Å². The van der Waals surface area contributed by atoms with E-state index in [1.807, 2.05) is 32.0 Å². The number of aromatic nitrogens is 2. The molecule has 0 bridgehead atoms. The third-order valence-electron chi connectivity index (χ3n) is 3.46. The Morgan fingerprint density at radius 2 is 2.05 bits per heavy atom. The molecular weight excluding hydrogens is 240 g/mol. The molecule has 0 unspecified atom stereocenters. The number of carbonyl (C=O) groups is 1. The minimum absolute atomic E-state index is 0.240. The first-order valence-electron chi connectivity index (χ1n) is 6.45. The molecule has 0 aliphatic heterocycles. The van der Waals surface area contributed by atoms with Crippen LogP contribution in [0.25, 0.3) is 11.0 Å². The molecule has 102 valence electrons. The van der Waals surface area contributed by atoms with Crippen molar-refractivity contribution in [1.82, 2.24) is 9.97 Å². The zero-order valence-electron chi connectivity index (χ0n) is 12.1. The second-order valence-electron chi connectivity index (χ2n) is 5.63. The molecule has 1 heterocycles. The van der Waals surface area contributed by atoms with Crippen LogP contribution in [0.3, 0.4) is 0 Å². The van der Waals surface area contributed by atoms with E-state index in [2.05, 4.69) is 23.8 Å². The van der Waals surface area contributed by atoms with E-state index in [1.54, 1.807) is 0 Å². The molecule has 2 aromatic rings. The number of fused-ring (bicyclic) bond motifs is 1. The average Bonchev–Trinajstić information content (AvgIpc) is 2.80. The minimum atomic E-state index is -0.661. The van der Waals surface area contributed by atoms with E-state index in [1.165, 1.54) is 7.11 Å². The van der Waals surface area contributed by atoms with Crippen LogP contribution in [0.5, 0.6) is 0 Å². The number of nitrogens with zero attached hydrogens (tertiary/aromatic N) is 1. The fourth-order valence-corrected chi connectivity index (χ4v) is 2.06. The first-order chi connectivity index (χ1) is 8.86. The number of benzene rings is 1. The lowest BCUT2D eigenvalue weighted by molar-refractivity contribution is -0.146. The van der Waals surface area contributed by atoms with E-state index in [0.717, 1.165) is 22.4 Å². The fraction of sp³-hybridized carbons (Fsp3) is 0.467. The molecule has 19 heavy (non-hydrogen) atoms. The van der Waals surface area contributed by atoms with Gasteiger partial charge in [-0.1, -0.05) is 19.9 Å². The van der Waals surface area contributed by atoms with Crippen LogP contribution in [-0.2, 0) is 14.9 Å². The van der Waals surface area contributed by atoms with Crippen LogP contribution < -0.4 is 0 Å². The number of rotatable bonds is 3. The highest BCUT2D eigenvalue weighted by Crippen LogP contribution is 2.28. The van der Waals surface area contributed by atoms with Crippen molar-refractivity contribution < 1.29 is 9.53 Å². The van der Waals surface area contributed by atoms with Crippen molar-refractivity contribution in [1.29, 1.82) is 0 Å². The number of carbonyl (C=O) groups excluding carboxylic acids is 1. The third kappa shape index (κ3) is 2.35. The Balaban J connectivity index is 2.49. The summed E-state index contributed by atoms with van der Waals surface area (Å²) in [6, 6.07) is 5.85. The Bertz CT molecular complexity index is 612. The summed E-state index contributed by atoms with van der Waals surface area (Å²) >= 11 is 0. The van der Waals surface area contributed by atoms with Gasteiger partial charge in [0.05, 0.1) is 23.6 Å². The van der Waals surface area contributed by atoms with E-state index in [-0.39, 0.29) is 5.97 Å². The van der Waals surface area contributed by atoms with Gasteiger partial charge in [-0.05, 0) is 31.5 Å². The van der Waals surface area contributed by atoms with E-state index in [0.29, 0.717) is 5.92 Å². The first kappa shape index (κ1) is 13.6. The van der Waals surface area contributed by atoms with Crippen LogP contribution in [0, 0.1) is 0 Å². The monoisotopic (exact) mass is 260 g/mol. The normalized spacial score (nSPS) is 12.1. The highest BCUT2D eigenvalue weighted by molar-refractivity contribution is 5.85. The second-order valence-corrected chi connectivity index (χ2v) is 5.63. The first-order valence-corrected chi connectivity index (χ1v) is 6.45. The summed E-state index contributed by atoms with van der Waals surface area (Å²) in [5, 5.41) is 0. The van der Waals surface area contributed by atoms with Gasteiger partial charge in [0, 0.05) is 5.92 Å². The second kappa shape index (κ2) is 4.68. The standard InChI is InChI=1S/C15H20N2O2/c1-9(2)13-16-11-7-6-10(8-12(11)17-13)15(3,4)14(18)19-5/h6-9H,1-5H3,(H,16,17). The SMILES string of the molecule is COC(=O)C(C)(C)c1ccc2nc(C(C)C)[nH]c2c1. The molecule has 0 saturated carbocycles. The lowest BCUT2D eigenvalue weighted by atomic mass is 9.84. The molecule has 0 saturated heterocycles. The largest absolute Gasteiger partial charge is 0.468 e. The van der Waals surface area contributed by atoms with Crippen molar-refractivity contribution in [3.63, 3.8) is 0 Å². The zero-order chi connectivity index (χ0) is 14.2. The van der Waals surface area contributed by atoms with Crippen molar-refractivity contribution in [2.24, 2.45) is 0 Å². The maximum absolute atomic E-state index is 11.8. The summed E-state index contributed by atoms with van der Waals surface area (Å²) in [6.07, 6.45) is 0. The molecule has 0 amide bonds. The van der Waals surface area contributed by atoms with Crippen molar-refractivity contribution in [3.05, 3.63) is 29.6 Å². The Morgan fingerprint density at radius 1 is 1.37 bits per heavy atom. The quantitative estimate of drug-likeness (QED) is 0.862. The van der Waals surface area contributed by atoms with Gasteiger partial charge in [-0.25, -0.2) is 4.98 Å². The highest BCUT2D eigenvalue weighted by Gasteiger charge is 2.31. The minimum Gasteiger partial charge on any atom is -0.468 e. The van der Waals surface area contributed by atoms with E-state index in [9.17, 15) is 4.79 Å². The Hall–Kier alpha value is -1.84. The Morgan fingerprint density at radius 3 is 2.63 bits per heavy atom. The van der Waals surface area contributed by atoms with Crippen LogP contribution in [0.1, 0.15) is 45.0 Å². The van der Waals surface area contributed by atoms with Gasteiger partial charge in [0.2, 0.25) is 0 Å². The van der Waals surface area contributed by atoms with E-state index < -0.39 is 5.41 Å². The third-order valence-corrected chi connectivity index (χ3v) is 3.46. The molecule has 0 spiro atoms. The van der Waals surface area contributed by atoms with E-state index >= 15 is 0 Å². The summed E-state index contributed by atoms with van der Waals surface area (Å²) in [4.78, 5) is 19.7. The maximum atomic E-state index is 11.8. The Kier molecular flexibility index (Phi) is 3.35. The molecule has 4 heteroatoms. The van der Waals surface area contributed by atoms with Crippen molar-refractivity contribution in [2.45, 2.75) is 39.0 Å². The number of ether oxygens (including phenoxy) is 1. The molecule has 0 atom stereocenters. The number of imidazole rings is 1. The molecule has 2 rings (SSSR count). The van der Waals surface area contributed by atoms with Crippen molar-refractivity contribution in [3.8, 4) is 0 Å². The number of esters is 1.